The molecule has 19 heavy (non-hydrogen) atoms. The second-order valence-electron chi connectivity index (χ2n) is 4.45. The second-order valence-corrected chi connectivity index (χ2v) is 5.31. The number of aryl methyl sites for hydroxylation is 1. The maximum absolute atomic E-state index is 13.0. The SMILES string of the molecule is CCNCc1cn(Cc2ccc(F)cc2Br)nc1C. The van der Waals surface area contributed by atoms with Gasteiger partial charge in [-0.3, -0.25) is 4.68 Å². The van der Waals surface area contributed by atoms with Crippen molar-refractivity contribution in [3.8, 4) is 0 Å². The molecule has 1 aromatic carbocycles. The molecular formula is C14H17BrFN3. The molecule has 0 aliphatic rings. The summed E-state index contributed by atoms with van der Waals surface area (Å²) in [6.07, 6.45) is 2.04. The first-order valence-corrected chi connectivity index (χ1v) is 7.07. The average molecular weight is 326 g/mol. The molecule has 0 saturated heterocycles. The number of nitrogens with one attached hydrogen (secondary N) is 1. The highest BCUT2D eigenvalue weighted by Crippen LogP contribution is 2.19. The Bertz CT molecular complexity index is 566. The molecule has 1 N–H and O–H groups in total. The first-order valence-electron chi connectivity index (χ1n) is 6.27. The van der Waals surface area contributed by atoms with E-state index >= 15 is 0 Å². The van der Waals surface area contributed by atoms with E-state index in [1.165, 1.54) is 17.7 Å². The summed E-state index contributed by atoms with van der Waals surface area (Å²) in [6.45, 7) is 6.48. The Morgan fingerprint density at radius 1 is 1.37 bits per heavy atom. The summed E-state index contributed by atoms with van der Waals surface area (Å²) in [6, 6.07) is 4.72. The quantitative estimate of drug-likeness (QED) is 0.914. The minimum absolute atomic E-state index is 0.236. The fraction of sp³-hybridized carbons (Fsp3) is 0.357. The Hall–Kier alpha value is -1.20. The minimum atomic E-state index is -0.236. The molecule has 0 aliphatic carbocycles. The van der Waals surface area contributed by atoms with Crippen molar-refractivity contribution in [1.29, 1.82) is 0 Å². The molecule has 0 radical (unpaired) electrons. The standard InChI is InChI=1S/C14H17BrFN3/c1-3-17-7-12-9-19(18-10(12)2)8-11-4-5-13(16)6-14(11)15/h4-6,9,17H,3,7-8H2,1-2H3. The highest BCUT2D eigenvalue weighted by molar-refractivity contribution is 9.10. The van der Waals surface area contributed by atoms with Gasteiger partial charge in [-0.2, -0.15) is 5.10 Å². The molecule has 0 fully saturated rings. The molecular weight excluding hydrogens is 309 g/mol. The molecule has 0 amide bonds. The van der Waals surface area contributed by atoms with E-state index in [4.69, 9.17) is 0 Å². The first-order chi connectivity index (χ1) is 9.10. The van der Waals surface area contributed by atoms with Gasteiger partial charge in [0.05, 0.1) is 12.2 Å². The highest BCUT2D eigenvalue weighted by Gasteiger charge is 2.07. The van der Waals surface area contributed by atoms with Gasteiger partial charge in [0.1, 0.15) is 5.82 Å². The van der Waals surface area contributed by atoms with E-state index < -0.39 is 0 Å². The van der Waals surface area contributed by atoms with Crippen LogP contribution in [-0.2, 0) is 13.1 Å². The number of aromatic nitrogens is 2. The molecule has 5 heteroatoms. The van der Waals surface area contributed by atoms with Crippen molar-refractivity contribution in [2.75, 3.05) is 6.54 Å². The van der Waals surface area contributed by atoms with E-state index in [1.54, 1.807) is 6.07 Å². The van der Waals surface area contributed by atoms with Crippen molar-refractivity contribution in [3.05, 3.63) is 51.5 Å². The Morgan fingerprint density at radius 2 is 2.16 bits per heavy atom. The number of benzene rings is 1. The fourth-order valence-electron chi connectivity index (χ4n) is 1.90. The monoisotopic (exact) mass is 325 g/mol. The van der Waals surface area contributed by atoms with Crippen LogP contribution in [0, 0.1) is 12.7 Å². The fourth-order valence-corrected chi connectivity index (χ4v) is 2.37. The molecule has 2 rings (SSSR count). The van der Waals surface area contributed by atoms with Crippen molar-refractivity contribution in [2.24, 2.45) is 0 Å². The van der Waals surface area contributed by atoms with Gasteiger partial charge in [0, 0.05) is 22.8 Å². The normalized spacial score (nSPS) is 10.9. The van der Waals surface area contributed by atoms with Gasteiger partial charge in [0.2, 0.25) is 0 Å². The minimum Gasteiger partial charge on any atom is -0.313 e. The molecule has 102 valence electrons. The third-order valence-corrected chi connectivity index (χ3v) is 3.70. The van der Waals surface area contributed by atoms with Crippen LogP contribution < -0.4 is 5.32 Å². The average Bonchev–Trinajstić information content (AvgIpc) is 2.71. The number of nitrogens with zero attached hydrogens (tertiary/aromatic N) is 2. The van der Waals surface area contributed by atoms with Gasteiger partial charge in [0.15, 0.2) is 0 Å². The van der Waals surface area contributed by atoms with Crippen LogP contribution in [0.4, 0.5) is 4.39 Å². The van der Waals surface area contributed by atoms with Crippen molar-refractivity contribution in [2.45, 2.75) is 26.9 Å². The van der Waals surface area contributed by atoms with Gasteiger partial charge in [-0.1, -0.05) is 28.9 Å². The largest absolute Gasteiger partial charge is 0.313 e. The molecule has 3 nitrogen and oxygen atoms in total. The lowest BCUT2D eigenvalue weighted by Gasteiger charge is -2.04. The Balaban J connectivity index is 2.14. The van der Waals surface area contributed by atoms with Crippen molar-refractivity contribution in [3.63, 3.8) is 0 Å². The van der Waals surface area contributed by atoms with Crippen LogP contribution >= 0.6 is 15.9 Å². The first kappa shape index (κ1) is 14.2. The predicted molar refractivity (Wildman–Crippen MR) is 77.5 cm³/mol. The van der Waals surface area contributed by atoms with Crippen LogP contribution in [0.15, 0.2) is 28.9 Å². The maximum Gasteiger partial charge on any atom is 0.124 e. The van der Waals surface area contributed by atoms with Crippen molar-refractivity contribution < 1.29 is 4.39 Å². The molecule has 0 aliphatic heterocycles. The summed E-state index contributed by atoms with van der Waals surface area (Å²) >= 11 is 3.38. The van der Waals surface area contributed by atoms with E-state index in [2.05, 4.69) is 33.3 Å². The molecule has 2 aromatic rings. The van der Waals surface area contributed by atoms with Crippen LogP contribution in [0.1, 0.15) is 23.7 Å². The molecule has 0 spiro atoms. The summed E-state index contributed by atoms with van der Waals surface area (Å²) in [5.41, 5.74) is 3.23. The summed E-state index contributed by atoms with van der Waals surface area (Å²) in [5.74, 6) is -0.236. The highest BCUT2D eigenvalue weighted by atomic mass is 79.9. The topological polar surface area (TPSA) is 29.9 Å². The molecule has 0 bridgehead atoms. The van der Waals surface area contributed by atoms with Gasteiger partial charge in [-0.25, -0.2) is 4.39 Å². The number of halogens is 2. The Kier molecular flexibility index (Phi) is 4.71. The van der Waals surface area contributed by atoms with E-state index in [9.17, 15) is 4.39 Å². The lowest BCUT2D eigenvalue weighted by Crippen LogP contribution is -2.11. The van der Waals surface area contributed by atoms with E-state index in [-0.39, 0.29) is 5.82 Å². The molecule has 0 atom stereocenters. The van der Waals surface area contributed by atoms with Gasteiger partial charge < -0.3 is 5.32 Å². The number of hydrogen-bond acceptors (Lipinski definition) is 2. The van der Waals surface area contributed by atoms with Gasteiger partial charge >= 0.3 is 0 Å². The van der Waals surface area contributed by atoms with Crippen molar-refractivity contribution >= 4 is 15.9 Å². The van der Waals surface area contributed by atoms with E-state index in [0.29, 0.717) is 6.54 Å². The zero-order chi connectivity index (χ0) is 13.8. The van der Waals surface area contributed by atoms with Gasteiger partial charge in [-0.05, 0) is 31.2 Å². The summed E-state index contributed by atoms with van der Waals surface area (Å²) in [4.78, 5) is 0. The number of rotatable bonds is 5. The predicted octanol–water partition coefficient (Wildman–Crippen LogP) is 3.25. The second kappa shape index (κ2) is 6.30. The van der Waals surface area contributed by atoms with Crippen LogP contribution in [0.3, 0.4) is 0 Å². The third kappa shape index (κ3) is 3.64. The van der Waals surface area contributed by atoms with Crippen LogP contribution in [0.25, 0.3) is 0 Å². The molecule has 1 heterocycles. The zero-order valence-corrected chi connectivity index (χ0v) is 12.7. The zero-order valence-electron chi connectivity index (χ0n) is 11.1. The summed E-state index contributed by atoms with van der Waals surface area (Å²) in [7, 11) is 0. The van der Waals surface area contributed by atoms with Crippen LogP contribution in [0.5, 0.6) is 0 Å². The van der Waals surface area contributed by atoms with Crippen LogP contribution in [0.2, 0.25) is 0 Å². The lowest BCUT2D eigenvalue weighted by atomic mass is 10.2. The molecule has 1 aromatic heterocycles. The van der Waals surface area contributed by atoms with E-state index in [1.807, 2.05) is 17.8 Å². The van der Waals surface area contributed by atoms with Crippen molar-refractivity contribution in [1.82, 2.24) is 15.1 Å². The molecule has 0 saturated carbocycles. The summed E-state index contributed by atoms with van der Waals surface area (Å²) in [5, 5.41) is 7.77. The maximum atomic E-state index is 13.0. The Labute approximate surface area is 121 Å². The lowest BCUT2D eigenvalue weighted by molar-refractivity contribution is 0.622. The van der Waals surface area contributed by atoms with E-state index in [0.717, 1.165) is 28.8 Å². The van der Waals surface area contributed by atoms with Crippen LogP contribution in [-0.4, -0.2) is 16.3 Å². The number of hydrogen-bond donors (Lipinski definition) is 1. The van der Waals surface area contributed by atoms with Gasteiger partial charge in [0.25, 0.3) is 0 Å². The third-order valence-electron chi connectivity index (χ3n) is 2.96. The molecule has 0 unspecified atom stereocenters. The Morgan fingerprint density at radius 3 is 2.84 bits per heavy atom. The summed E-state index contributed by atoms with van der Waals surface area (Å²) < 4.78 is 15.7. The van der Waals surface area contributed by atoms with Gasteiger partial charge in [-0.15, -0.1) is 0 Å². The smallest absolute Gasteiger partial charge is 0.124 e.